The second-order valence-corrected chi connectivity index (χ2v) is 6.01. The predicted molar refractivity (Wildman–Crippen MR) is 60.8 cm³/mol. The third-order valence-electron chi connectivity index (χ3n) is 2.33. The van der Waals surface area contributed by atoms with E-state index >= 15 is 0 Å². The van der Waals surface area contributed by atoms with Crippen LogP contribution in [0.3, 0.4) is 0 Å². The van der Waals surface area contributed by atoms with Crippen LogP contribution in [0.25, 0.3) is 0 Å². The zero-order valence-corrected chi connectivity index (χ0v) is 10.4. The molecule has 0 unspecified atom stereocenters. The molecule has 84 valence electrons. The molecular weight excluding hydrogens is 210 g/mol. The zero-order chi connectivity index (χ0) is 11.6. The lowest BCUT2D eigenvalue weighted by atomic mass is 10.0. The van der Waals surface area contributed by atoms with Crippen molar-refractivity contribution >= 4 is 9.84 Å². The Hall–Kier alpha value is -0.900. The van der Waals surface area contributed by atoms with Crippen molar-refractivity contribution in [2.75, 3.05) is 6.26 Å². The predicted octanol–water partition coefficient (Wildman–Crippen LogP) is 2.17. The standard InChI is InChI=1S/C11H17NO2S/c1-5-9-6-10(15(4,13)14)7-12-11(9)8(2)3/h6-8H,5H2,1-4H3. The number of sulfone groups is 1. The van der Waals surface area contributed by atoms with Crippen LogP contribution in [0.15, 0.2) is 17.2 Å². The van der Waals surface area contributed by atoms with E-state index in [1.807, 2.05) is 6.92 Å². The Morgan fingerprint density at radius 1 is 1.40 bits per heavy atom. The quantitative estimate of drug-likeness (QED) is 0.795. The molecule has 4 heteroatoms. The number of hydrogen-bond acceptors (Lipinski definition) is 3. The molecule has 0 aliphatic carbocycles. The van der Waals surface area contributed by atoms with Crippen LogP contribution in [0.5, 0.6) is 0 Å². The Bertz CT molecular complexity index is 450. The lowest BCUT2D eigenvalue weighted by Gasteiger charge is -2.11. The van der Waals surface area contributed by atoms with Gasteiger partial charge >= 0.3 is 0 Å². The monoisotopic (exact) mass is 227 g/mol. The molecule has 0 fully saturated rings. The first-order valence-electron chi connectivity index (χ1n) is 5.05. The van der Waals surface area contributed by atoms with Gasteiger partial charge in [-0.1, -0.05) is 20.8 Å². The Kier molecular flexibility index (Phi) is 3.50. The fraction of sp³-hybridized carbons (Fsp3) is 0.545. The maximum Gasteiger partial charge on any atom is 0.177 e. The summed E-state index contributed by atoms with van der Waals surface area (Å²) in [5.74, 6) is 0.327. The normalized spacial score (nSPS) is 12.1. The van der Waals surface area contributed by atoms with Gasteiger partial charge in [0.1, 0.15) is 0 Å². The Balaban J connectivity index is 3.32. The second kappa shape index (κ2) is 4.31. The summed E-state index contributed by atoms with van der Waals surface area (Å²) in [7, 11) is -3.14. The topological polar surface area (TPSA) is 47.0 Å². The van der Waals surface area contributed by atoms with E-state index < -0.39 is 9.84 Å². The van der Waals surface area contributed by atoms with E-state index in [0.29, 0.717) is 10.8 Å². The van der Waals surface area contributed by atoms with E-state index in [0.717, 1.165) is 17.7 Å². The minimum Gasteiger partial charge on any atom is -0.259 e. The van der Waals surface area contributed by atoms with Crippen molar-refractivity contribution in [2.45, 2.75) is 38.0 Å². The highest BCUT2D eigenvalue weighted by atomic mass is 32.2. The van der Waals surface area contributed by atoms with Crippen LogP contribution in [0.1, 0.15) is 37.9 Å². The molecule has 0 saturated heterocycles. The molecule has 0 saturated carbocycles. The van der Waals surface area contributed by atoms with Crippen molar-refractivity contribution in [2.24, 2.45) is 0 Å². The first-order valence-corrected chi connectivity index (χ1v) is 6.94. The summed E-state index contributed by atoms with van der Waals surface area (Å²) in [6.45, 7) is 6.12. The zero-order valence-electron chi connectivity index (χ0n) is 9.61. The lowest BCUT2D eigenvalue weighted by molar-refractivity contribution is 0.601. The number of aromatic nitrogens is 1. The summed E-state index contributed by atoms with van der Waals surface area (Å²) in [5, 5.41) is 0. The molecule has 0 spiro atoms. The van der Waals surface area contributed by atoms with Gasteiger partial charge in [0.15, 0.2) is 9.84 Å². The van der Waals surface area contributed by atoms with Gasteiger partial charge in [0.25, 0.3) is 0 Å². The summed E-state index contributed by atoms with van der Waals surface area (Å²) in [5.41, 5.74) is 2.01. The number of nitrogens with zero attached hydrogens (tertiary/aromatic N) is 1. The SMILES string of the molecule is CCc1cc(S(C)(=O)=O)cnc1C(C)C. The van der Waals surface area contributed by atoms with Gasteiger partial charge in [-0.15, -0.1) is 0 Å². The summed E-state index contributed by atoms with van der Waals surface area (Å²) >= 11 is 0. The average Bonchev–Trinajstić information content (AvgIpc) is 2.15. The molecule has 0 amide bonds. The molecule has 3 nitrogen and oxygen atoms in total. The minimum atomic E-state index is -3.14. The van der Waals surface area contributed by atoms with Crippen molar-refractivity contribution in [3.8, 4) is 0 Å². The summed E-state index contributed by atoms with van der Waals surface area (Å²) in [6.07, 6.45) is 3.46. The molecule has 0 bridgehead atoms. The van der Waals surface area contributed by atoms with E-state index in [1.165, 1.54) is 12.5 Å². The molecule has 1 aromatic rings. The molecule has 0 atom stereocenters. The van der Waals surface area contributed by atoms with Crippen LogP contribution >= 0.6 is 0 Å². The smallest absolute Gasteiger partial charge is 0.177 e. The number of hydrogen-bond donors (Lipinski definition) is 0. The molecule has 0 aliphatic heterocycles. The second-order valence-electron chi connectivity index (χ2n) is 4.00. The summed E-state index contributed by atoms with van der Waals surface area (Å²) < 4.78 is 22.7. The van der Waals surface area contributed by atoms with Gasteiger partial charge in [-0.05, 0) is 24.0 Å². The van der Waals surface area contributed by atoms with Crippen molar-refractivity contribution in [1.29, 1.82) is 0 Å². The highest BCUT2D eigenvalue weighted by molar-refractivity contribution is 7.90. The molecule has 0 aliphatic rings. The van der Waals surface area contributed by atoms with Crippen molar-refractivity contribution in [3.05, 3.63) is 23.5 Å². The Labute approximate surface area is 91.5 Å². The van der Waals surface area contributed by atoms with Crippen LogP contribution in [-0.4, -0.2) is 19.7 Å². The molecule has 1 heterocycles. The molecule has 0 radical (unpaired) electrons. The van der Waals surface area contributed by atoms with Gasteiger partial charge in [-0.3, -0.25) is 4.98 Å². The van der Waals surface area contributed by atoms with Gasteiger partial charge in [-0.2, -0.15) is 0 Å². The van der Waals surface area contributed by atoms with Gasteiger partial charge in [-0.25, -0.2) is 8.42 Å². The van der Waals surface area contributed by atoms with Gasteiger partial charge in [0.2, 0.25) is 0 Å². The van der Waals surface area contributed by atoms with Crippen molar-refractivity contribution in [3.63, 3.8) is 0 Å². The number of aryl methyl sites for hydroxylation is 1. The van der Waals surface area contributed by atoms with E-state index in [9.17, 15) is 8.42 Å². The third kappa shape index (κ3) is 2.78. The maximum atomic E-state index is 11.3. The van der Waals surface area contributed by atoms with Gasteiger partial charge < -0.3 is 0 Å². The van der Waals surface area contributed by atoms with Crippen molar-refractivity contribution in [1.82, 2.24) is 4.98 Å². The Morgan fingerprint density at radius 3 is 2.40 bits per heavy atom. The van der Waals surface area contributed by atoms with Crippen LogP contribution in [0.4, 0.5) is 0 Å². The molecule has 0 N–H and O–H groups in total. The lowest BCUT2D eigenvalue weighted by Crippen LogP contribution is -2.04. The largest absolute Gasteiger partial charge is 0.259 e. The highest BCUT2D eigenvalue weighted by Gasteiger charge is 2.12. The third-order valence-corrected chi connectivity index (χ3v) is 3.41. The fourth-order valence-corrected chi connectivity index (χ4v) is 2.11. The first-order chi connectivity index (χ1) is 6.86. The van der Waals surface area contributed by atoms with E-state index in [2.05, 4.69) is 18.8 Å². The number of rotatable bonds is 3. The molecule has 0 aromatic carbocycles. The maximum absolute atomic E-state index is 11.3. The fourth-order valence-electron chi connectivity index (χ4n) is 1.50. The summed E-state index contributed by atoms with van der Waals surface area (Å²) in [6, 6.07) is 1.73. The first kappa shape index (κ1) is 12.2. The molecule has 1 rings (SSSR count). The average molecular weight is 227 g/mol. The molecule has 15 heavy (non-hydrogen) atoms. The van der Waals surface area contributed by atoms with E-state index in [4.69, 9.17) is 0 Å². The summed E-state index contributed by atoms with van der Waals surface area (Å²) in [4.78, 5) is 4.55. The molecular formula is C11H17NO2S. The van der Waals surface area contributed by atoms with Crippen LogP contribution in [0.2, 0.25) is 0 Å². The van der Waals surface area contributed by atoms with Crippen LogP contribution in [-0.2, 0) is 16.3 Å². The molecule has 1 aromatic heterocycles. The van der Waals surface area contributed by atoms with Crippen LogP contribution < -0.4 is 0 Å². The van der Waals surface area contributed by atoms with Crippen LogP contribution in [0, 0.1) is 0 Å². The van der Waals surface area contributed by atoms with E-state index in [-0.39, 0.29) is 0 Å². The highest BCUT2D eigenvalue weighted by Crippen LogP contribution is 2.20. The van der Waals surface area contributed by atoms with Crippen molar-refractivity contribution < 1.29 is 8.42 Å². The minimum absolute atomic E-state index is 0.309. The van der Waals surface area contributed by atoms with E-state index in [1.54, 1.807) is 6.07 Å². The van der Waals surface area contributed by atoms with Gasteiger partial charge in [0.05, 0.1) is 4.90 Å². The number of pyridine rings is 1. The van der Waals surface area contributed by atoms with Gasteiger partial charge in [0, 0.05) is 18.1 Å². The Morgan fingerprint density at radius 2 is 2.00 bits per heavy atom.